The minimum atomic E-state index is -0.557. The maximum atomic E-state index is 14.5. The van der Waals surface area contributed by atoms with E-state index in [0.29, 0.717) is 148 Å². The fraction of sp³-hybridized carbons (Fsp3) is 0.781. The zero-order chi connectivity index (χ0) is 70.3. The second-order valence-corrected chi connectivity index (χ2v) is 29.6. The number of amides is 10. The third kappa shape index (κ3) is 25.9. The highest BCUT2D eigenvalue weighted by Gasteiger charge is 2.42. The van der Waals surface area contributed by atoms with Crippen molar-refractivity contribution >= 4 is 59.1 Å². The van der Waals surface area contributed by atoms with Crippen molar-refractivity contribution in [3.8, 4) is 5.75 Å². The first-order valence-electron chi connectivity index (χ1n) is 37.9. The number of unbranched alkanes of at least 4 members (excludes halogenated alkanes) is 3. The van der Waals surface area contributed by atoms with Crippen LogP contribution >= 0.6 is 0 Å². The number of aromatic hydroxyl groups is 1. The van der Waals surface area contributed by atoms with Crippen LogP contribution < -0.4 is 76.5 Å². The molecule has 20 N–H and O–H groups in total. The Morgan fingerprint density at radius 2 is 0.622 bits per heavy atom. The van der Waals surface area contributed by atoms with Crippen LogP contribution in [-0.4, -0.2) is 144 Å². The Kier molecular flexibility index (Phi) is 33.8. The van der Waals surface area contributed by atoms with E-state index < -0.39 is 95.8 Å². The number of hydrogen-bond acceptors (Lipinski definition) is 15. The lowest BCUT2D eigenvalue weighted by Crippen LogP contribution is -2.56. The first-order valence-corrected chi connectivity index (χ1v) is 37.9. The molecule has 6 aliphatic rings. The van der Waals surface area contributed by atoms with Gasteiger partial charge in [0.25, 0.3) is 0 Å². The Labute approximate surface area is 581 Å². The van der Waals surface area contributed by atoms with Crippen molar-refractivity contribution < 1.29 is 53.1 Å². The minimum Gasteiger partial charge on any atom is -0.508 e. The molecule has 0 aliphatic heterocycles. The first-order chi connectivity index (χ1) is 47.3. The third-order valence-corrected chi connectivity index (χ3v) is 21.9. The Balaban J connectivity index is 0.911. The summed E-state index contributed by atoms with van der Waals surface area (Å²) in [4.78, 5) is 139. The van der Waals surface area contributed by atoms with Crippen molar-refractivity contribution in [1.82, 2.24) is 47.9 Å². The van der Waals surface area contributed by atoms with Crippen molar-refractivity contribution in [2.45, 2.75) is 304 Å². The van der Waals surface area contributed by atoms with Gasteiger partial charge in [-0.25, -0.2) is 0 Å². The molecule has 1 aromatic carbocycles. The van der Waals surface area contributed by atoms with E-state index in [-0.39, 0.29) is 90.6 Å². The molecule has 25 nitrogen and oxygen atoms in total. The van der Waals surface area contributed by atoms with Gasteiger partial charge in [0.2, 0.25) is 59.1 Å². The van der Waals surface area contributed by atoms with Gasteiger partial charge in [-0.2, -0.15) is 0 Å². The maximum absolute atomic E-state index is 14.5. The molecule has 10 amide bonds. The average molecular weight is 1370 g/mol. The average Bonchev–Trinajstić information content (AvgIpc) is 0.863. The standard InChI is InChI=1S/C73H122N14O11/c74-38-16-13-19-48(43-64(78)89)79-68(93)55-25-4-10-31-61(55)85-72(97)53-23-2-8-29-59(53)83-66(91)45-50(21-15-18-40-76)81-70(95)57-27-6-12-33-63(57)87-73(98)54-24-3-9-30-60(54)84-67(92)44-49(20-14-17-39-75)80-69(94)56-26-5-11-32-62(56)86-71(96)52-22-1-7-28-58(52)82-65(90)42-47(77)41-46-34-36-51(88)37-35-46/h34-37,47-50,52-63,88H,1-33,38-45,74-77H2,(H2,78,89)(H,79,93)(H,80,94)(H,81,95)(H,82,90)(H,83,91)(H,84,92)(H,85,97)(H,86,96)(H,87,98)/t47-,48-,49-,50-,52-,53-,54-,55-,56-,57-,58-,59-,60-,61-,62-,63-/m1/s1. The number of carbonyl (C=O) groups is 10. The van der Waals surface area contributed by atoms with E-state index in [1.807, 2.05) is 0 Å². The van der Waals surface area contributed by atoms with Gasteiger partial charge in [0.15, 0.2) is 0 Å². The molecular weight excluding hydrogens is 1250 g/mol. The Morgan fingerprint density at radius 1 is 0.357 bits per heavy atom. The zero-order valence-corrected chi connectivity index (χ0v) is 58.5. The van der Waals surface area contributed by atoms with Crippen LogP contribution in [-0.2, 0) is 54.4 Å². The molecule has 1 aromatic rings. The van der Waals surface area contributed by atoms with E-state index in [2.05, 4.69) is 47.9 Å². The van der Waals surface area contributed by atoms with E-state index in [0.717, 1.165) is 95.5 Å². The van der Waals surface area contributed by atoms with Crippen LogP contribution in [0.4, 0.5) is 0 Å². The van der Waals surface area contributed by atoms with Gasteiger partial charge in [0.1, 0.15) is 5.75 Å². The molecule has 25 heteroatoms. The third-order valence-electron chi connectivity index (χ3n) is 21.9. The van der Waals surface area contributed by atoms with Gasteiger partial charge < -0.3 is 81.6 Å². The van der Waals surface area contributed by atoms with Gasteiger partial charge in [-0.1, -0.05) is 108 Å². The normalized spacial score (nSPS) is 27.0. The van der Waals surface area contributed by atoms with Crippen molar-refractivity contribution in [2.75, 3.05) is 19.6 Å². The largest absolute Gasteiger partial charge is 0.508 e. The predicted molar refractivity (Wildman–Crippen MR) is 375 cm³/mol. The molecule has 16 atom stereocenters. The second-order valence-electron chi connectivity index (χ2n) is 29.6. The summed E-state index contributed by atoms with van der Waals surface area (Å²) < 4.78 is 0. The number of carbonyl (C=O) groups excluding carboxylic acids is 10. The van der Waals surface area contributed by atoms with Gasteiger partial charge >= 0.3 is 0 Å². The summed E-state index contributed by atoms with van der Waals surface area (Å²) in [6.07, 6.45) is 23.3. The molecule has 6 aliphatic carbocycles. The molecule has 0 aromatic heterocycles. The first kappa shape index (κ1) is 78.9. The summed E-state index contributed by atoms with van der Waals surface area (Å²) >= 11 is 0. The van der Waals surface area contributed by atoms with Crippen molar-refractivity contribution in [2.24, 2.45) is 64.2 Å². The molecule has 0 saturated heterocycles. The van der Waals surface area contributed by atoms with Gasteiger partial charge in [-0.3, -0.25) is 47.9 Å². The number of primary amides is 1. The molecule has 7 rings (SSSR count). The van der Waals surface area contributed by atoms with Crippen LogP contribution in [0.3, 0.4) is 0 Å². The SMILES string of the molecule is NCCCC[C@H](CC(N)=O)NC(=O)[C@@H]1CCCC[C@H]1NC(=O)[C@@H]1CCCC[C@H]1NC(=O)C[C@@H](CCCCN)NC(=O)[C@@H]1CCCC[C@H]1NC(=O)[C@@H]1CCCC[C@H]1NC(=O)C[C@@H](CCCCN)NC(=O)[C@@H]1CCCC[C@H]1NC(=O)[C@@H]1CCCC[C@H]1NC(=O)C[C@H](N)Cc1ccc(O)cc1. The van der Waals surface area contributed by atoms with Gasteiger partial charge in [0.05, 0.1) is 35.5 Å². The number of rotatable bonds is 37. The number of phenols is 1. The lowest BCUT2D eigenvalue weighted by Gasteiger charge is -2.37. The lowest BCUT2D eigenvalue weighted by atomic mass is 9.80. The molecule has 6 fully saturated rings. The molecule has 550 valence electrons. The van der Waals surface area contributed by atoms with E-state index in [9.17, 15) is 53.1 Å². The summed E-state index contributed by atoms with van der Waals surface area (Å²) in [7, 11) is 0. The van der Waals surface area contributed by atoms with Crippen LogP contribution in [0.15, 0.2) is 24.3 Å². The summed E-state index contributed by atoms with van der Waals surface area (Å²) in [5, 5.41) is 38.3. The van der Waals surface area contributed by atoms with Crippen molar-refractivity contribution in [3.05, 3.63) is 29.8 Å². The zero-order valence-electron chi connectivity index (χ0n) is 58.5. The molecule has 0 bridgehead atoms. The van der Waals surface area contributed by atoms with Crippen LogP contribution in [0.25, 0.3) is 0 Å². The summed E-state index contributed by atoms with van der Waals surface area (Å²) in [6.45, 7) is 1.40. The van der Waals surface area contributed by atoms with Crippen LogP contribution in [0, 0.1) is 35.5 Å². The van der Waals surface area contributed by atoms with Crippen LogP contribution in [0.5, 0.6) is 5.75 Å². The molecule has 0 spiro atoms. The van der Waals surface area contributed by atoms with Gasteiger partial charge in [-0.05, 0) is 159 Å². The molecule has 0 heterocycles. The Bertz CT molecular complexity index is 2720. The van der Waals surface area contributed by atoms with Crippen LogP contribution in [0.1, 0.15) is 243 Å². The quantitative estimate of drug-likeness (QED) is 0.0415. The highest BCUT2D eigenvalue weighted by Crippen LogP contribution is 2.33. The molecular formula is C73H122N14O11. The Hall–Kier alpha value is -6.44. The fourth-order valence-electron chi connectivity index (χ4n) is 16.5. The number of nitrogens with two attached hydrogens (primary N) is 5. The summed E-state index contributed by atoms with van der Waals surface area (Å²) in [6, 6.07) is 2.20. The minimum absolute atomic E-state index is 0.0127. The molecule has 0 unspecified atom stereocenters. The van der Waals surface area contributed by atoms with Crippen molar-refractivity contribution in [3.63, 3.8) is 0 Å². The van der Waals surface area contributed by atoms with Gasteiger partial charge in [-0.15, -0.1) is 0 Å². The Morgan fingerprint density at radius 3 is 0.918 bits per heavy atom. The van der Waals surface area contributed by atoms with E-state index >= 15 is 0 Å². The fourth-order valence-corrected chi connectivity index (χ4v) is 16.5. The van der Waals surface area contributed by atoms with Crippen LogP contribution in [0.2, 0.25) is 0 Å². The highest BCUT2D eigenvalue weighted by atomic mass is 16.3. The number of benzene rings is 1. The molecule has 0 radical (unpaired) electrons. The summed E-state index contributed by atoms with van der Waals surface area (Å²) in [5.41, 5.74) is 30.4. The predicted octanol–water partition coefficient (Wildman–Crippen LogP) is 4.20. The maximum Gasteiger partial charge on any atom is 0.225 e. The molecule has 6 saturated carbocycles. The smallest absolute Gasteiger partial charge is 0.225 e. The monoisotopic (exact) mass is 1370 g/mol. The number of hydrogen-bond donors (Lipinski definition) is 15. The topological polar surface area (TPSA) is 429 Å². The number of phenolic OH excluding ortho intramolecular Hbond substituents is 1. The van der Waals surface area contributed by atoms with E-state index in [4.69, 9.17) is 28.7 Å². The highest BCUT2D eigenvalue weighted by molar-refractivity contribution is 5.88. The second kappa shape index (κ2) is 42.0. The number of nitrogens with one attached hydrogen (secondary N) is 9. The molecule has 98 heavy (non-hydrogen) atoms. The lowest BCUT2D eigenvalue weighted by molar-refractivity contribution is -0.134. The van der Waals surface area contributed by atoms with Gasteiger partial charge in [0, 0.05) is 86.1 Å². The van der Waals surface area contributed by atoms with Crippen molar-refractivity contribution in [1.29, 1.82) is 0 Å². The van der Waals surface area contributed by atoms with E-state index in [1.54, 1.807) is 24.3 Å². The summed E-state index contributed by atoms with van der Waals surface area (Å²) in [5.74, 6) is -5.51. The van der Waals surface area contributed by atoms with E-state index in [1.165, 1.54) is 0 Å².